The molecule has 0 aliphatic heterocycles. The number of para-hydroxylation sites is 1. The number of nitrogens with one attached hydrogen (secondary N) is 1. The number of halogens is 1. The fourth-order valence-electron chi connectivity index (χ4n) is 2.50. The summed E-state index contributed by atoms with van der Waals surface area (Å²) in [6.45, 7) is 1.69. The summed E-state index contributed by atoms with van der Waals surface area (Å²) in [6, 6.07) is 15.3. The van der Waals surface area contributed by atoms with Crippen molar-refractivity contribution >= 4 is 33.0 Å². The number of anilines is 1. The molecule has 0 aliphatic rings. The largest absolute Gasteiger partial charge is 0.322 e. The zero-order chi connectivity index (χ0) is 18.9. The van der Waals surface area contributed by atoms with E-state index in [-0.39, 0.29) is 15.6 Å². The van der Waals surface area contributed by atoms with Crippen LogP contribution in [0, 0.1) is 6.92 Å². The third-order valence-corrected chi connectivity index (χ3v) is 5.21. The quantitative estimate of drug-likeness (QED) is 0.740. The van der Waals surface area contributed by atoms with Gasteiger partial charge in [-0.15, -0.1) is 0 Å². The molecular weight excluding hydrogens is 374 g/mol. The summed E-state index contributed by atoms with van der Waals surface area (Å²) in [5, 5.41) is 7.19. The highest BCUT2D eigenvalue weighted by Crippen LogP contribution is 2.25. The molecule has 1 N–H and O–H groups in total. The second kappa shape index (κ2) is 6.93. The first-order valence-corrected chi connectivity index (χ1v) is 9.96. The number of rotatable bonds is 4. The van der Waals surface area contributed by atoms with Crippen LogP contribution < -0.4 is 5.32 Å². The van der Waals surface area contributed by atoms with Crippen molar-refractivity contribution in [1.29, 1.82) is 0 Å². The van der Waals surface area contributed by atoms with Crippen LogP contribution in [0.1, 0.15) is 16.1 Å². The molecule has 3 aromatic rings. The van der Waals surface area contributed by atoms with Gasteiger partial charge in [-0.05, 0) is 37.3 Å². The van der Waals surface area contributed by atoms with Gasteiger partial charge >= 0.3 is 0 Å². The van der Waals surface area contributed by atoms with Crippen LogP contribution in [0.3, 0.4) is 0 Å². The first kappa shape index (κ1) is 18.2. The van der Waals surface area contributed by atoms with E-state index in [1.165, 1.54) is 16.8 Å². The molecule has 6 nitrogen and oxygen atoms in total. The Balaban J connectivity index is 1.93. The lowest BCUT2D eigenvalue weighted by Crippen LogP contribution is -2.13. The summed E-state index contributed by atoms with van der Waals surface area (Å²) in [5.41, 5.74) is 1.80. The van der Waals surface area contributed by atoms with Gasteiger partial charge in [0.15, 0.2) is 9.84 Å². The van der Waals surface area contributed by atoms with Crippen molar-refractivity contribution in [1.82, 2.24) is 9.78 Å². The van der Waals surface area contributed by atoms with Crippen molar-refractivity contribution in [3.8, 4) is 5.69 Å². The second-order valence-electron chi connectivity index (χ2n) is 5.75. The summed E-state index contributed by atoms with van der Waals surface area (Å²) in [5.74, 6) is -0.458. The van der Waals surface area contributed by atoms with Crippen LogP contribution in [0.2, 0.25) is 5.15 Å². The molecule has 0 spiro atoms. The lowest BCUT2D eigenvalue weighted by atomic mass is 10.2. The highest BCUT2D eigenvalue weighted by Gasteiger charge is 2.21. The molecule has 0 radical (unpaired) electrons. The number of hydrogen-bond acceptors (Lipinski definition) is 4. The average Bonchev–Trinajstić information content (AvgIpc) is 2.89. The van der Waals surface area contributed by atoms with E-state index >= 15 is 0 Å². The van der Waals surface area contributed by atoms with Gasteiger partial charge in [-0.1, -0.05) is 35.9 Å². The van der Waals surface area contributed by atoms with Gasteiger partial charge in [-0.25, -0.2) is 13.1 Å². The van der Waals surface area contributed by atoms with Gasteiger partial charge in [0.2, 0.25) is 0 Å². The molecule has 134 valence electrons. The molecule has 8 heteroatoms. The van der Waals surface area contributed by atoms with Gasteiger partial charge in [0.25, 0.3) is 5.91 Å². The number of amides is 1. The van der Waals surface area contributed by atoms with Crippen molar-refractivity contribution < 1.29 is 13.2 Å². The predicted molar refractivity (Wildman–Crippen MR) is 101 cm³/mol. The van der Waals surface area contributed by atoms with E-state index in [4.69, 9.17) is 11.6 Å². The smallest absolute Gasteiger partial charge is 0.260 e. The molecule has 0 saturated heterocycles. The average molecular weight is 390 g/mol. The van der Waals surface area contributed by atoms with Gasteiger partial charge < -0.3 is 5.32 Å². The Morgan fingerprint density at radius 1 is 1.12 bits per heavy atom. The molecule has 0 saturated carbocycles. The Morgan fingerprint density at radius 3 is 2.46 bits per heavy atom. The zero-order valence-corrected chi connectivity index (χ0v) is 15.7. The van der Waals surface area contributed by atoms with E-state index in [0.717, 1.165) is 11.9 Å². The second-order valence-corrected chi connectivity index (χ2v) is 8.13. The van der Waals surface area contributed by atoms with Gasteiger partial charge in [0.1, 0.15) is 10.7 Å². The van der Waals surface area contributed by atoms with Crippen molar-refractivity contribution in [3.63, 3.8) is 0 Å². The Labute approximate surface area is 156 Å². The summed E-state index contributed by atoms with van der Waals surface area (Å²) >= 11 is 6.37. The number of carbonyl (C=O) groups is 1. The normalized spacial score (nSPS) is 11.3. The van der Waals surface area contributed by atoms with Crippen LogP contribution in [0.5, 0.6) is 0 Å². The first-order chi connectivity index (χ1) is 12.3. The molecule has 0 fully saturated rings. The van der Waals surface area contributed by atoms with E-state index < -0.39 is 15.7 Å². The highest BCUT2D eigenvalue weighted by molar-refractivity contribution is 7.90. The molecule has 2 aromatic carbocycles. The Kier molecular flexibility index (Phi) is 4.84. The number of sulfone groups is 1. The summed E-state index contributed by atoms with van der Waals surface area (Å²) in [6.07, 6.45) is 1.11. The van der Waals surface area contributed by atoms with Gasteiger partial charge in [-0.2, -0.15) is 5.10 Å². The molecule has 0 bridgehead atoms. The minimum absolute atomic E-state index is 0.123. The number of aromatic nitrogens is 2. The Morgan fingerprint density at radius 2 is 1.81 bits per heavy atom. The van der Waals surface area contributed by atoms with Crippen molar-refractivity contribution in [2.24, 2.45) is 0 Å². The summed E-state index contributed by atoms with van der Waals surface area (Å²) in [4.78, 5) is 12.8. The van der Waals surface area contributed by atoms with Crippen LogP contribution in [-0.2, 0) is 9.84 Å². The molecule has 1 amide bonds. The topological polar surface area (TPSA) is 81.1 Å². The Hall–Kier alpha value is -2.64. The maximum Gasteiger partial charge on any atom is 0.260 e. The first-order valence-electron chi connectivity index (χ1n) is 7.69. The molecule has 26 heavy (non-hydrogen) atoms. The van der Waals surface area contributed by atoms with Gasteiger partial charge in [-0.3, -0.25) is 4.79 Å². The number of benzene rings is 2. The molecule has 3 rings (SSSR count). The monoisotopic (exact) mass is 389 g/mol. The van der Waals surface area contributed by atoms with Crippen LogP contribution in [-0.4, -0.2) is 30.4 Å². The fourth-order valence-corrected chi connectivity index (χ4v) is 3.52. The van der Waals surface area contributed by atoms with Crippen molar-refractivity contribution in [2.75, 3.05) is 11.6 Å². The van der Waals surface area contributed by atoms with Crippen LogP contribution in [0.25, 0.3) is 5.69 Å². The van der Waals surface area contributed by atoms with E-state index in [1.807, 2.05) is 30.3 Å². The maximum atomic E-state index is 12.7. The lowest BCUT2D eigenvalue weighted by Gasteiger charge is -2.07. The van der Waals surface area contributed by atoms with E-state index in [1.54, 1.807) is 19.1 Å². The summed E-state index contributed by atoms with van der Waals surface area (Å²) in [7, 11) is -3.37. The van der Waals surface area contributed by atoms with E-state index in [0.29, 0.717) is 11.4 Å². The standard InChI is InChI=1S/C18H16ClN3O3S/c1-12-16(17(19)22(21-12)14-8-4-3-5-9-14)18(23)20-13-7-6-10-15(11-13)26(2,24)25/h3-11H,1-2H3,(H,20,23). The van der Waals surface area contributed by atoms with E-state index in [9.17, 15) is 13.2 Å². The molecular formula is C18H16ClN3O3S. The van der Waals surface area contributed by atoms with E-state index in [2.05, 4.69) is 10.4 Å². The van der Waals surface area contributed by atoms with Crippen molar-refractivity contribution in [3.05, 3.63) is 71.0 Å². The Bertz CT molecular complexity index is 1080. The lowest BCUT2D eigenvalue weighted by molar-refractivity contribution is 0.102. The summed E-state index contributed by atoms with van der Waals surface area (Å²) < 4.78 is 24.8. The number of carbonyl (C=O) groups excluding carboxylic acids is 1. The number of aryl methyl sites for hydroxylation is 1. The van der Waals surface area contributed by atoms with Gasteiger partial charge in [0.05, 0.1) is 16.3 Å². The molecule has 1 heterocycles. The van der Waals surface area contributed by atoms with Crippen LogP contribution >= 0.6 is 11.6 Å². The highest BCUT2D eigenvalue weighted by atomic mass is 35.5. The predicted octanol–water partition coefficient (Wildman–Crippen LogP) is 3.49. The fraction of sp³-hybridized carbons (Fsp3) is 0.111. The molecule has 0 unspecified atom stereocenters. The number of nitrogens with zero attached hydrogens (tertiary/aromatic N) is 2. The molecule has 1 aromatic heterocycles. The third-order valence-electron chi connectivity index (χ3n) is 3.75. The number of hydrogen-bond donors (Lipinski definition) is 1. The van der Waals surface area contributed by atoms with Crippen LogP contribution in [0.15, 0.2) is 59.5 Å². The zero-order valence-electron chi connectivity index (χ0n) is 14.1. The third kappa shape index (κ3) is 3.63. The minimum atomic E-state index is -3.37. The molecule has 0 atom stereocenters. The molecule has 0 aliphatic carbocycles. The maximum absolute atomic E-state index is 12.7. The SMILES string of the molecule is Cc1nn(-c2ccccc2)c(Cl)c1C(=O)Nc1cccc(S(C)(=O)=O)c1. The van der Waals surface area contributed by atoms with Crippen molar-refractivity contribution in [2.45, 2.75) is 11.8 Å². The van der Waals surface area contributed by atoms with Gasteiger partial charge in [0, 0.05) is 11.9 Å². The minimum Gasteiger partial charge on any atom is -0.322 e. The van der Waals surface area contributed by atoms with Crippen LogP contribution in [0.4, 0.5) is 5.69 Å².